The number of benzene rings is 2. The Kier molecular flexibility index (Phi) is 6.00. The van der Waals surface area contributed by atoms with Crippen molar-refractivity contribution in [2.24, 2.45) is 0 Å². The van der Waals surface area contributed by atoms with Crippen molar-refractivity contribution in [3.05, 3.63) is 89.2 Å². The summed E-state index contributed by atoms with van der Waals surface area (Å²) in [5, 5.41) is 9.58. The highest BCUT2D eigenvalue weighted by atomic mass is 35.5. The summed E-state index contributed by atoms with van der Waals surface area (Å²) in [5.41, 5.74) is 2.95. The monoisotopic (exact) mass is 366 g/mol. The smallest absolute Gasteiger partial charge is 0.258 e. The van der Waals surface area contributed by atoms with Crippen molar-refractivity contribution >= 4 is 17.5 Å². The molecule has 0 aliphatic heterocycles. The van der Waals surface area contributed by atoms with Crippen molar-refractivity contribution in [3.63, 3.8) is 0 Å². The minimum Gasteiger partial charge on any atom is -0.395 e. The maximum atomic E-state index is 13.2. The molecule has 1 heterocycles. The highest BCUT2D eigenvalue weighted by Crippen LogP contribution is 2.29. The van der Waals surface area contributed by atoms with Crippen LogP contribution in [-0.2, 0) is 6.54 Å². The maximum absolute atomic E-state index is 13.2. The summed E-state index contributed by atoms with van der Waals surface area (Å²) in [4.78, 5) is 18.9. The first kappa shape index (κ1) is 18.1. The lowest BCUT2D eigenvalue weighted by atomic mass is 10.0. The van der Waals surface area contributed by atoms with Crippen LogP contribution in [0.15, 0.2) is 72.9 Å². The fraction of sp³-hybridized carbons (Fsp3) is 0.143. The summed E-state index contributed by atoms with van der Waals surface area (Å²) in [6.45, 7) is 0.476. The molecule has 0 aliphatic rings. The topological polar surface area (TPSA) is 53.4 Å². The summed E-state index contributed by atoms with van der Waals surface area (Å²) < 4.78 is 0. The number of aliphatic hydroxyl groups is 1. The SMILES string of the molecule is O=C(c1c(-c2ccccc2)ccnc1Cl)N(CCO)Cc1ccccc1. The van der Waals surface area contributed by atoms with E-state index < -0.39 is 0 Å². The molecule has 0 fully saturated rings. The average molecular weight is 367 g/mol. The normalized spacial score (nSPS) is 10.5. The molecule has 3 rings (SSSR count). The lowest BCUT2D eigenvalue weighted by molar-refractivity contribution is 0.0708. The van der Waals surface area contributed by atoms with Crippen LogP contribution < -0.4 is 0 Å². The number of amides is 1. The van der Waals surface area contributed by atoms with E-state index in [1.807, 2.05) is 60.7 Å². The number of hydrogen-bond acceptors (Lipinski definition) is 3. The minimum atomic E-state index is -0.250. The third-order valence-electron chi connectivity index (χ3n) is 4.08. The van der Waals surface area contributed by atoms with Crippen LogP contribution in [0.4, 0.5) is 0 Å². The first-order valence-corrected chi connectivity index (χ1v) is 8.72. The van der Waals surface area contributed by atoms with Gasteiger partial charge in [-0.25, -0.2) is 4.98 Å². The molecule has 0 saturated heterocycles. The highest BCUT2D eigenvalue weighted by Gasteiger charge is 2.23. The third-order valence-corrected chi connectivity index (χ3v) is 4.36. The Morgan fingerprint density at radius 1 is 1.00 bits per heavy atom. The van der Waals surface area contributed by atoms with Gasteiger partial charge in [0.25, 0.3) is 5.91 Å². The molecule has 1 amide bonds. The first-order valence-electron chi connectivity index (χ1n) is 8.34. The second kappa shape index (κ2) is 8.61. The zero-order chi connectivity index (χ0) is 18.4. The first-order chi connectivity index (χ1) is 12.7. The lowest BCUT2D eigenvalue weighted by Gasteiger charge is -2.23. The second-order valence-corrected chi connectivity index (χ2v) is 6.18. The number of pyridine rings is 1. The number of hydrogen-bond donors (Lipinski definition) is 1. The Morgan fingerprint density at radius 3 is 2.31 bits per heavy atom. The van der Waals surface area contributed by atoms with Crippen molar-refractivity contribution < 1.29 is 9.90 Å². The van der Waals surface area contributed by atoms with Crippen LogP contribution in [-0.4, -0.2) is 34.0 Å². The van der Waals surface area contributed by atoms with Crippen molar-refractivity contribution in [1.29, 1.82) is 0 Å². The fourth-order valence-corrected chi connectivity index (χ4v) is 3.07. The van der Waals surface area contributed by atoms with Crippen molar-refractivity contribution in [2.75, 3.05) is 13.2 Å². The molecular weight excluding hydrogens is 348 g/mol. The Hall–Kier alpha value is -2.69. The summed E-state index contributed by atoms with van der Waals surface area (Å²) in [6, 6.07) is 21.0. The third kappa shape index (κ3) is 4.10. The van der Waals surface area contributed by atoms with Gasteiger partial charge >= 0.3 is 0 Å². The summed E-state index contributed by atoms with van der Waals surface area (Å²) in [6.07, 6.45) is 1.59. The molecule has 3 aromatic rings. The van der Waals surface area contributed by atoms with Crippen LogP contribution in [0.1, 0.15) is 15.9 Å². The van der Waals surface area contributed by atoms with E-state index in [9.17, 15) is 9.90 Å². The fourth-order valence-electron chi connectivity index (χ4n) is 2.83. The number of halogens is 1. The van der Waals surface area contributed by atoms with Crippen molar-refractivity contribution in [3.8, 4) is 11.1 Å². The molecule has 2 aromatic carbocycles. The number of aromatic nitrogens is 1. The Balaban J connectivity index is 1.99. The van der Waals surface area contributed by atoms with Gasteiger partial charge in [-0.15, -0.1) is 0 Å². The van der Waals surface area contributed by atoms with E-state index in [4.69, 9.17) is 11.6 Å². The molecular formula is C21H19ClN2O2. The number of carbonyl (C=O) groups excluding carboxylic acids is 1. The standard InChI is InChI=1S/C21H19ClN2O2/c22-20-19(18(11-12-23-20)17-9-5-2-6-10-17)21(26)24(13-14-25)15-16-7-3-1-4-8-16/h1-12,25H,13-15H2. The molecule has 4 nitrogen and oxygen atoms in total. The largest absolute Gasteiger partial charge is 0.395 e. The second-order valence-electron chi connectivity index (χ2n) is 5.83. The minimum absolute atomic E-state index is 0.128. The molecule has 132 valence electrons. The van der Waals surface area contributed by atoms with Gasteiger partial charge in [0, 0.05) is 19.3 Å². The van der Waals surface area contributed by atoms with Crippen molar-refractivity contribution in [2.45, 2.75) is 6.54 Å². The average Bonchev–Trinajstić information content (AvgIpc) is 2.68. The van der Waals surface area contributed by atoms with E-state index in [0.717, 1.165) is 16.7 Å². The van der Waals surface area contributed by atoms with Gasteiger partial charge in [-0.1, -0.05) is 72.3 Å². The van der Waals surface area contributed by atoms with Crippen LogP contribution in [0.25, 0.3) is 11.1 Å². The lowest BCUT2D eigenvalue weighted by Crippen LogP contribution is -2.33. The van der Waals surface area contributed by atoms with Gasteiger partial charge in [0.1, 0.15) is 5.15 Å². The summed E-state index contributed by atoms with van der Waals surface area (Å²) >= 11 is 6.30. The molecule has 0 bridgehead atoms. The number of carbonyl (C=O) groups is 1. The summed E-state index contributed by atoms with van der Waals surface area (Å²) in [5.74, 6) is -0.250. The van der Waals surface area contributed by atoms with Crippen LogP contribution in [0, 0.1) is 0 Å². The zero-order valence-electron chi connectivity index (χ0n) is 14.2. The molecule has 5 heteroatoms. The zero-order valence-corrected chi connectivity index (χ0v) is 14.9. The Morgan fingerprint density at radius 2 is 1.65 bits per heavy atom. The van der Waals surface area contributed by atoms with Crippen LogP contribution in [0.2, 0.25) is 5.15 Å². The molecule has 26 heavy (non-hydrogen) atoms. The van der Waals surface area contributed by atoms with E-state index >= 15 is 0 Å². The van der Waals surface area contributed by atoms with Crippen LogP contribution in [0.3, 0.4) is 0 Å². The molecule has 0 atom stereocenters. The van der Waals surface area contributed by atoms with Gasteiger partial charge in [0.05, 0.1) is 12.2 Å². The van der Waals surface area contributed by atoms with Gasteiger partial charge in [-0.05, 0) is 22.8 Å². The quantitative estimate of drug-likeness (QED) is 0.670. The van der Waals surface area contributed by atoms with E-state index in [2.05, 4.69) is 4.98 Å². The van der Waals surface area contributed by atoms with Gasteiger partial charge < -0.3 is 10.0 Å². The molecule has 0 saturated carbocycles. The number of aliphatic hydroxyl groups excluding tert-OH is 1. The van der Waals surface area contributed by atoms with E-state index in [0.29, 0.717) is 12.1 Å². The molecule has 0 radical (unpaired) electrons. The molecule has 0 aliphatic carbocycles. The maximum Gasteiger partial charge on any atom is 0.258 e. The molecule has 1 N–H and O–H groups in total. The Bertz CT molecular complexity index is 870. The van der Waals surface area contributed by atoms with Gasteiger partial charge in [-0.3, -0.25) is 4.79 Å². The molecule has 1 aromatic heterocycles. The van der Waals surface area contributed by atoms with Gasteiger partial charge in [-0.2, -0.15) is 0 Å². The predicted molar refractivity (Wildman–Crippen MR) is 103 cm³/mol. The van der Waals surface area contributed by atoms with Crippen LogP contribution >= 0.6 is 11.6 Å². The highest BCUT2D eigenvalue weighted by molar-refractivity contribution is 6.33. The van der Waals surface area contributed by atoms with Crippen molar-refractivity contribution in [1.82, 2.24) is 9.88 Å². The number of nitrogens with zero attached hydrogens (tertiary/aromatic N) is 2. The predicted octanol–water partition coefficient (Wildman–Crippen LogP) is 4.04. The van der Waals surface area contributed by atoms with E-state index in [1.165, 1.54) is 0 Å². The molecule has 0 unspecified atom stereocenters. The molecule has 0 spiro atoms. The van der Waals surface area contributed by atoms with Crippen LogP contribution in [0.5, 0.6) is 0 Å². The van der Waals surface area contributed by atoms with Gasteiger partial charge in [0.15, 0.2) is 0 Å². The van der Waals surface area contributed by atoms with Gasteiger partial charge in [0.2, 0.25) is 0 Å². The number of rotatable bonds is 6. The Labute approximate surface area is 157 Å². The van der Waals surface area contributed by atoms with E-state index in [1.54, 1.807) is 17.2 Å². The van der Waals surface area contributed by atoms with E-state index in [-0.39, 0.29) is 24.2 Å². The summed E-state index contributed by atoms with van der Waals surface area (Å²) in [7, 11) is 0.